The first-order valence-electron chi connectivity index (χ1n) is 5.16. The van der Waals surface area contributed by atoms with Crippen LogP contribution in [0.15, 0.2) is 15.0 Å². The molecule has 1 aromatic heterocycles. The van der Waals surface area contributed by atoms with E-state index in [-0.39, 0.29) is 34.1 Å². The highest BCUT2D eigenvalue weighted by Gasteiger charge is 2.36. The number of nitrogens with one attached hydrogen (secondary N) is 1. The van der Waals surface area contributed by atoms with Crippen LogP contribution in [0.2, 0.25) is 0 Å². The molecule has 0 spiro atoms. The Morgan fingerprint density at radius 1 is 1.45 bits per heavy atom. The summed E-state index contributed by atoms with van der Waals surface area (Å²) in [6.07, 6.45) is -3.92. The van der Waals surface area contributed by atoms with Crippen molar-refractivity contribution in [2.75, 3.05) is 0 Å². The minimum absolute atomic E-state index is 0.0700. The Balaban J connectivity index is 0.000000612. The molecule has 108 valence electrons. The van der Waals surface area contributed by atoms with Gasteiger partial charge in [0.15, 0.2) is 5.58 Å². The van der Waals surface area contributed by atoms with Gasteiger partial charge in [0.2, 0.25) is 0 Å². The summed E-state index contributed by atoms with van der Waals surface area (Å²) in [6, 6.07) is 1.41. The van der Waals surface area contributed by atoms with Crippen LogP contribution in [0.5, 0.6) is 0 Å². The fraction of sp³-hybridized carbons (Fsp3) is 0.273. The van der Waals surface area contributed by atoms with Gasteiger partial charge in [-0.25, -0.2) is 0 Å². The first kappa shape index (κ1) is 16.6. The minimum Gasteiger partial charge on any atom is -0.428 e. The zero-order valence-electron chi connectivity index (χ0n) is 9.93. The van der Waals surface area contributed by atoms with Gasteiger partial charge in [0.25, 0.3) is 4.84 Å². The van der Waals surface area contributed by atoms with Crippen molar-refractivity contribution in [3.8, 4) is 0 Å². The normalized spacial score (nSPS) is 10.8. The highest BCUT2D eigenvalue weighted by atomic mass is 79.9. The number of rotatable bonds is 1. The summed E-state index contributed by atoms with van der Waals surface area (Å²) < 4.78 is 44.5. The quantitative estimate of drug-likeness (QED) is 0.763. The largest absolute Gasteiger partial charge is 0.428 e. The average Bonchev–Trinajstić information content (AvgIpc) is 2.69. The topological polar surface area (TPSA) is 63.1 Å². The van der Waals surface area contributed by atoms with Crippen LogP contribution in [-0.4, -0.2) is 11.1 Å². The third kappa shape index (κ3) is 3.36. The first-order chi connectivity index (χ1) is 9.26. The number of aryl methyl sites for hydroxylation is 1. The summed E-state index contributed by atoms with van der Waals surface area (Å²) in [5.41, 5.74) is -0.518. The van der Waals surface area contributed by atoms with E-state index in [0.717, 1.165) is 0 Å². The second-order valence-corrected chi connectivity index (χ2v) is 4.77. The second-order valence-electron chi connectivity index (χ2n) is 3.55. The Bertz CT molecular complexity index is 714. The molecule has 0 bridgehead atoms. The van der Waals surface area contributed by atoms with Crippen LogP contribution in [0.3, 0.4) is 0 Å². The summed E-state index contributed by atoms with van der Waals surface area (Å²) >= 11 is 7.90. The Labute approximate surface area is 124 Å². The molecule has 0 unspecified atom stereocenters. The van der Waals surface area contributed by atoms with E-state index in [2.05, 4.69) is 20.9 Å². The van der Waals surface area contributed by atoms with Crippen molar-refractivity contribution in [1.82, 2.24) is 4.98 Å². The van der Waals surface area contributed by atoms with Crippen LogP contribution in [-0.2, 0) is 22.2 Å². The third-order valence-corrected chi connectivity index (χ3v) is 3.18. The lowest BCUT2D eigenvalue weighted by molar-refractivity contribution is -0.191. The molecule has 2 rings (SSSR count). The van der Waals surface area contributed by atoms with Crippen molar-refractivity contribution in [3.05, 3.63) is 26.5 Å². The molecule has 1 heterocycles. The van der Waals surface area contributed by atoms with E-state index in [4.69, 9.17) is 26.2 Å². The number of alkyl halides is 3. The Hall–Kier alpha value is -1.44. The lowest BCUT2D eigenvalue weighted by Gasteiger charge is -2.12. The van der Waals surface area contributed by atoms with E-state index < -0.39 is 11.7 Å². The van der Waals surface area contributed by atoms with Crippen molar-refractivity contribution in [2.24, 2.45) is 0 Å². The van der Waals surface area contributed by atoms with Gasteiger partial charge in [0.1, 0.15) is 0 Å². The number of halogens is 4. The lowest BCUT2D eigenvalue weighted by atomic mass is 10.0. The van der Waals surface area contributed by atoms with Gasteiger partial charge in [-0.2, -0.15) is 22.8 Å². The Morgan fingerprint density at radius 3 is 2.45 bits per heavy atom. The summed E-state index contributed by atoms with van der Waals surface area (Å²) in [7, 11) is 0. The molecule has 0 atom stereocenters. The number of fused-ring (bicyclic) bond motifs is 1. The number of benzene rings is 1. The number of oxazole rings is 1. The molecule has 2 aromatic rings. The smallest absolute Gasteiger partial charge is 0.418 e. The van der Waals surface area contributed by atoms with Crippen LogP contribution < -0.4 is 0 Å². The van der Waals surface area contributed by atoms with Gasteiger partial charge in [-0.1, -0.05) is 6.92 Å². The third-order valence-electron chi connectivity index (χ3n) is 2.40. The van der Waals surface area contributed by atoms with E-state index in [9.17, 15) is 13.2 Å². The van der Waals surface area contributed by atoms with Gasteiger partial charge < -0.3 is 9.40 Å². The maximum atomic E-state index is 13.0. The molecular weight excluding hydrogens is 363 g/mol. The van der Waals surface area contributed by atoms with E-state index in [1.54, 1.807) is 6.92 Å². The highest BCUT2D eigenvalue weighted by molar-refractivity contribution is 9.10. The summed E-state index contributed by atoms with van der Waals surface area (Å²) in [6.45, 7) is 1.66. The van der Waals surface area contributed by atoms with Crippen LogP contribution in [0.1, 0.15) is 18.1 Å². The zero-order valence-corrected chi connectivity index (χ0v) is 12.3. The van der Waals surface area contributed by atoms with Crippen molar-refractivity contribution >= 4 is 45.4 Å². The molecule has 1 aromatic carbocycles. The second kappa shape index (κ2) is 6.34. The van der Waals surface area contributed by atoms with Crippen molar-refractivity contribution in [2.45, 2.75) is 19.5 Å². The molecule has 4 nitrogen and oxygen atoms in total. The van der Waals surface area contributed by atoms with Gasteiger partial charge in [-0.05, 0) is 46.2 Å². The SMILES string of the molecule is CCc1cc(Br)c2oc(=S)[nH]c2c1C(F)(F)F.O=C=O. The number of hydrogen-bond donors (Lipinski definition) is 1. The van der Waals surface area contributed by atoms with Crippen LogP contribution >= 0.6 is 28.1 Å². The number of aromatic amines is 1. The van der Waals surface area contributed by atoms with Crippen LogP contribution in [0.4, 0.5) is 13.2 Å². The number of aromatic nitrogens is 1. The van der Waals surface area contributed by atoms with E-state index >= 15 is 0 Å². The molecule has 0 saturated heterocycles. The van der Waals surface area contributed by atoms with E-state index in [1.165, 1.54) is 6.07 Å². The molecule has 0 aliphatic heterocycles. The Kier molecular flexibility index (Phi) is 5.27. The fourth-order valence-electron chi connectivity index (χ4n) is 1.73. The van der Waals surface area contributed by atoms with E-state index in [1.807, 2.05) is 0 Å². The fourth-order valence-corrected chi connectivity index (χ4v) is 2.47. The zero-order chi connectivity index (χ0) is 15.5. The van der Waals surface area contributed by atoms with E-state index in [0.29, 0.717) is 4.47 Å². The molecule has 0 fully saturated rings. The molecule has 1 N–H and O–H groups in total. The van der Waals surface area contributed by atoms with Crippen molar-refractivity contribution in [1.29, 1.82) is 0 Å². The van der Waals surface area contributed by atoms with Gasteiger partial charge in [-0.3, -0.25) is 0 Å². The molecule has 0 aliphatic carbocycles. The summed E-state index contributed by atoms with van der Waals surface area (Å²) in [4.78, 5) is 18.6. The van der Waals surface area contributed by atoms with Gasteiger partial charge in [0.05, 0.1) is 15.6 Å². The monoisotopic (exact) mass is 369 g/mol. The van der Waals surface area contributed by atoms with Crippen LogP contribution in [0.25, 0.3) is 11.1 Å². The van der Waals surface area contributed by atoms with Gasteiger partial charge in [-0.15, -0.1) is 0 Å². The van der Waals surface area contributed by atoms with Crippen molar-refractivity contribution < 1.29 is 27.2 Å². The summed E-state index contributed by atoms with van der Waals surface area (Å²) in [5, 5.41) is 0. The van der Waals surface area contributed by atoms with Gasteiger partial charge >= 0.3 is 12.3 Å². The summed E-state index contributed by atoms with van der Waals surface area (Å²) in [5.74, 6) is 0. The first-order valence-corrected chi connectivity index (χ1v) is 6.37. The predicted octanol–water partition coefficient (Wildman–Crippen LogP) is 4.25. The molecular formula is C11H7BrF3NO3S. The number of carbonyl (C=O) groups excluding carboxylic acids is 2. The van der Waals surface area contributed by atoms with Gasteiger partial charge in [0, 0.05) is 0 Å². The minimum atomic E-state index is -4.44. The molecule has 0 amide bonds. The van der Waals surface area contributed by atoms with Crippen LogP contribution in [0, 0.1) is 4.84 Å². The lowest BCUT2D eigenvalue weighted by Crippen LogP contribution is -2.10. The highest BCUT2D eigenvalue weighted by Crippen LogP contribution is 2.40. The molecule has 9 heteroatoms. The Morgan fingerprint density at radius 2 is 2.00 bits per heavy atom. The standard InChI is InChI=1S/C10H7BrF3NOS.CO2/c1-2-4-3-5(11)8-7(15-9(17)16-8)6(4)10(12,13)14;2-1-3/h3H,2H2,1H3,(H,15,17);. The molecule has 20 heavy (non-hydrogen) atoms. The molecule has 0 aliphatic rings. The number of H-pyrrole nitrogens is 1. The molecule has 0 radical (unpaired) electrons. The average molecular weight is 370 g/mol. The maximum absolute atomic E-state index is 13.0. The van der Waals surface area contributed by atoms with Crippen molar-refractivity contribution in [3.63, 3.8) is 0 Å². The number of hydrogen-bond acceptors (Lipinski definition) is 4. The maximum Gasteiger partial charge on any atom is 0.418 e. The molecule has 0 saturated carbocycles. The predicted molar refractivity (Wildman–Crippen MR) is 68.5 cm³/mol.